The van der Waals surface area contributed by atoms with Crippen molar-refractivity contribution < 1.29 is 4.39 Å². The molecule has 0 radical (unpaired) electrons. The van der Waals surface area contributed by atoms with Crippen molar-refractivity contribution in [2.24, 2.45) is 17.6 Å². The number of halogens is 1. The standard InChI is InChI=1S/C30H46FN3/c1-23(2)15-20-34(30-16-18-33(19-17-30)22-28(32)21-24(3)4)29-13-9-26(10-14-29)6-5-25-7-11-27(31)12-8-25/h7-14,23-24,28,30H,5-6,15-22,32H2,1-4H3. The molecule has 1 saturated heterocycles. The fourth-order valence-corrected chi connectivity index (χ4v) is 5.14. The van der Waals surface area contributed by atoms with Crippen LogP contribution in [-0.2, 0) is 12.8 Å². The van der Waals surface area contributed by atoms with Crippen molar-refractivity contribution in [1.29, 1.82) is 0 Å². The van der Waals surface area contributed by atoms with Gasteiger partial charge in [-0.1, -0.05) is 52.0 Å². The zero-order chi connectivity index (χ0) is 24.5. The maximum absolute atomic E-state index is 13.1. The van der Waals surface area contributed by atoms with Gasteiger partial charge in [0.05, 0.1) is 0 Å². The molecule has 2 aromatic carbocycles. The summed E-state index contributed by atoms with van der Waals surface area (Å²) in [5.74, 6) is 1.20. The highest BCUT2D eigenvalue weighted by atomic mass is 19.1. The van der Waals surface area contributed by atoms with E-state index < -0.39 is 0 Å². The number of nitrogens with two attached hydrogens (primary N) is 1. The van der Waals surface area contributed by atoms with E-state index in [1.165, 1.54) is 36.1 Å². The van der Waals surface area contributed by atoms with Crippen LogP contribution < -0.4 is 10.6 Å². The van der Waals surface area contributed by atoms with Gasteiger partial charge in [-0.05, 0) is 85.8 Å². The first-order chi connectivity index (χ1) is 16.3. The van der Waals surface area contributed by atoms with Crippen LogP contribution >= 0.6 is 0 Å². The molecule has 1 unspecified atom stereocenters. The lowest BCUT2D eigenvalue weighted by molar-refractivity contribution is 0.191. The topological polar surface area (TPSA) is 32.5 Å². The molecule has 0 amide bonds. The molecule has 1 fully saturated rings. The molecule has 0 aliphatic carbocycles. The van der Waals surface area contributed by atoms with Crippen molar-refractivity contribution >= 4 is 5.69 Å². The monoisotopic (exact) mass is 467 g/mol. The van der Waals surface area contributed by atoms with Crippen LogP contribution in [0.25, 0.3) is 0 Å². The van der Waals surface area contributed by atoms with Crippen molar-refractivity contribution in [3.63, 3.8) is 0 Å². The van der Waals surface area contributed by atoms with E-state index in [2.05, 4.69) is 61.8 Å². The molecule has 0 spiro atoms. The van der Waals surface area contributed by atoms with Gasteiger partial charge in [-0.3, -0.25) is 0 Å². The number of benzene rings is 2. The Morgan fingerprint density at radius 3 is 1.97 bits per heavy atom. The summed E-state index contributed by atoms with van der Waals surface area (Å²) in [5.41, 5.74) is 10.3. The highest BCUT2D eigenvalue weighted by Crippen LogP contribution is 2.26. The summed E-state index contributed by atoms with van der Waals surface area (Å²) in [6, 6.07) is 16.9. The van der Waals surface area contributed by atoms with E-state index in [0.29, 0.717) is 17.9 Å². The number of likely N-dealkylation sites (tertiary alicyclic amines) is 1. The highest BCUT2D eigenvalue weighted by molar-refractivity contribution is 5.49. The number of hydrogen-bond donors (Lipinski definition) is 1. The van der Waals surface area contributed by atoms with Crippen molar-refractivity contribution in [2.75, 3.05) is 31.1 Å². The molecule has 1 atom stereocenters. The van der Waals surface area contributed by atoms with Crippen LogP contribution in [0.5, 0.6) is 0 Å². The average Bonchev–Trinajstić information content (AvgIpc) is 2.80. The van der Waals surface area contributed by atoms with E-state index in [1.54, 1.807) is 12.1 Å². The molecule has 188 valence electrons. The Morgan fingerprint density at radius 1 is 0.882 bits per heavy atom. The predicted molar refractivity (Wildman–Crippen MR) is 144 cm³/mol. The van der Waals surface area contributed by atoms with Crippen LogP contribution in [0.15, 0.2) is 48.5 Å². The first-order valence-corrected chi connectivity index (χ1v) is 13.4. The lowest BCUT2D eigenvalue weighted by Crippen LogP contribution is -2.48. The van der Waals surface area contributed by atoms with Crippen molar-refractivity contribution in [2.45, 2.75) is 78.3 Å². The van der Waals surface area contributed by atoms with Crippen LogP contribution in [0.2, 0.25) is 0 Å². The summed E-state index contributed by atoms with van der Waals surface area (Å²) in [5, 5.41) is 0. The Labute approximate surface area is 207 Å². The van der Waals surface area contributed by atoms with Crippen LogP contribution in [0.1, 0.15) is 64.5 Å². The van der Waals surface area contributed by atoms with Gasteiger partial charge in [-0.25, -0.2) is 4.39 Å². The van der Waals surface area contributed by atoms with Gasteiger partial charge in [-0.2, -0.15) is 0 Å². The van der Waals surface area contributed by atoms with E-state index in [-0.39, 0.29) is 11.9 Å². The second kappa shape index (κ2) is 13.3. The summed E-state index contributed by atoms with van der Waals surface area (Å²) < 4.78 is 13.1. The van der Waals surface area contributed by atoms with Gasteiger partial charge in [0, 0.05) is 44.0 Å². The molecule has 2 N–H and O–H groups in total. The molecule has 1 aliphatic rings. The maximum atomic E-state index is 13.1. The van der Waals surface area contributed by atoms with E-state index >= 15 is 0 Å². The molecule has 1 aliphatic heterocycles. The number of anilines is 1. The van der Waals surface area contributed by atoms with E-state index in [9.17, 15) is 4.39 Å². The first-order valence-electron chi connectivity index (χ1n) is 13.4. The third kappa shape index (κ3) is 8.70. The van der Waals surface area contributed by atoms with Gasteiger partial charge in [0.25, 0.3) is 0 Å². The van der Waals surface area contributed by atoms with Gasteiger partial charge in [0.1, 0.15) is 5.82 Å². The zero-order valence-corrected chi connectivity index (χ0v) is 21.8. The number of hydrogen-bond acceptors (Lipinski definition) is 3. The minimum atomic E-state index is -0.168. The molecule has 3 rings (SSSR count). The van der Waals surface area contributed by atoms with Gasteiger partial charge in [-0.15, -0.1) is 0 Å². The Kier molecular flexibility index (Phi) is 10.4. The molecule has 1 heterocycles. The Hall–Kier alpha value is -1.91. The summed E-state index contributed by atoms with van der Waals surface area (Å²) >= 11 is 0. The molecular formula is C30H46FN3. The van der Waals surface area contributed by atoms with Gasteiger partial charge < -0.3 is 15.5 Å². The number of nitrogens with zero attached hydrogens (tertiary/aromatic N) is 2. The Morgan fingerprint density at radius 2 is 1.44 bits per heavy atom. The number of rotatable bonds is 12. The van der Waals surface area contributed by atoms with Crippen LogP contribution in [-0.4, -0.2) is 43.2 Å². The summed E-state index contributed by atoms with van der Waals surface area (Å²) in [6.45, 7) is 13.6. The Balaban J connectivity index is 1.58. The lowest BCUT2D eigenvalue weighted by atomic mass is 9.98. The van der Waals surface area contributed by atoms with Crippen LogP contribution in [0.4, 0.5) is 10.1 Å². The average molecular weight is 468 g/mol. The minimum Gasteiger partial charge on any atom is -0.368 e. The first kappa shape index (κ1) is 26.7. The van der Waals surface area contributed by atoms with Gasteiger partial charge >= 0.3 is 0 Å². The molecule has 4 heteroatoms. The Bertz CT molecular complexity index is 823. The lowest BCUT2D eigenvalue weighted by Gasteiger charge is -2.41. The second-order valence-electron chi connectivity index (χ2n) is 11.1. The summed E-state index contributed by atoms with van der Waals surface area (Å²) in [7, 11) is 0. The van der Waals surface area contributed by atoms with Crippen molar-refractivity contribution in [1.82, 2.24) is 4.90 Å². The minimum absolute atomic E-state index is 0.168. The molecule has 0 bridgehead atoms. The normalized spacial score (nSPS) is 16.4. The molecule has 0 aromatic heterocycles. The predicted octanol–water partition coefficient (Wildman–Crippen LogP) is 6.30. The summed E-state index contributed by atoms with van der Waals surface area (Å²) in [4.78, 5) is 5.23. The van der Waals surface area contributed by atoms with E-state index in [1.807, 2.05) is 12.1 Å². The zero-order valence-electron chi connectivity index (χ0n) is 21.8. The number of aryl methyl sites for hydroxylation is 2. The fourth-order valence-electron chi connectivity index (χ4n) is 5.14. The van der Waals surface area contributed by atoms with Crippen LogP contribution in [0.3, 0.4) is 0 Å². The third-order valence-electron chi connectivity index (χ3n) is 7.10. The molecule has 3 nitrogen and oxygen atoms in total. The SMILES string of the molecule is CC(C)CCN(c1ccc(CCc2ccc(F)cc2)cc1)C1CCN(CC(N)CC(C)C)CC1. The largest absolute Gasteiger partial charge is 0.368 e. The summed E-state index contributed by atoms with van der Waals surface area (Å²) in [6.07, 6.45) is 6.65. The number of piperidine rings is 1. The smallest absolute Gasteiger partial charge is 0.123 e. The van der Waals surface area contributed by atoms with Crippen molar-refractivity contribution in [3.05, 3.63) is 65.5 Å². The van der Waals surface area contributed by atoms with Gasteiger partial charge in [0.15, 0.2) is 0 Å². The molecule has 0 saturated carbocycles. The quantitative estimate of drug-likeness (QED) is 0.397. The van der Waals surface area contributed by atoms with E-state index in [0.717, 1.165) is 45.4 Å². The third-order valence-corrected chi connectivity index (χ3v) is 7.10. The maximum Gasteiger partial charge on any atom is 0.123 e. The highest BCUT2D eigenvalue weighted by Gasteiger charge is 2.26. The van der Waals surface area contributed by atoms with E-state index in [4.69, 9.17) is 5.73 Å². The fraction of sp³-hybridized carbons (Fsp3) is 0.600. The molecule has 34 heavy (non-hydrogen) atoms. The molecular weight excluding hydrogens is 421 g/mol. The second-order valence-corrected chi connectivity index (χ2v) is 11.1. The van der Waals surface area contributed by atoms with Crippen LogP contribution in [0, 0.1) is 17.7 Å². The molecule has 2 aromatic rings. The van der Waals surface area contributed by atoms with Crippen molar-refractivity contribution in [3.8, 4) is 0 Å². The van der Waals surface area contributed by atoms with Gasteiger partial charge in [0.2, 0.25) is 0 Å².